The van der Waals surface area contributed by atoms with Crippen LogP contribution in [0.3, 0.4) is 0 Å². The van der Waals surface area contributed by atoms with Gasteiger partial charge in [0.1, 0.15) is 10.7 Å². The molecule has 4 nitrogen and oxygen atoms in total. The molecule has 0 amide bonds. The van der Waals surface area contributed by atoms with E-state index in [1.165, 1.54) is 23.9 Å². The summed E-state index contributed by atoms with van der Waals surface area (Å²) < 4.78 is 12.7. The summed E-state index contributed by atoms with van der Waals surface area (Å²) in [5.74, 6) is 1.05. The van der Waals surface area contributed by atoms with E-state index < -0.39 is 5.72 Å². The molecule has 24 heavy (non-hydrogen) atoms. The quantitative estimate of drug-likeness (QED) is 0.685. The van der Waals surface area contributed by atoms with Crippen molar-refractivity contribution in [3.8, 4) is 5.75 Å². The van der Waals surface area contributed by atoms with Gasteiger partial charge in [-0.3, -0.25) is 4.79 Å². The van der Waals surface area contributed by atoms with Crippen LogP contribution in [0.1, 0.15) is 37.0 Å². The van der Waals surface area contributed by atoms with E-state index in [9.17, 15) is 4.79 Å². The second kappa shape index (κ2) is 4.66. The number of ether oxygens (including phenoxy) is 1. The Morgan fingerprint density at radius 1 is 1.21 bits per heavy atom. The van der Waals surface area contributed by atoms with Gasteiger partial charge < -0.3 is 14.1 Å². The summed E-state index contributed by atoms with van der Waals surface area (Å²) in [4.78, 5) is 14.9. The average molecular weight is 388 g/mol. The molecule has 0 N–H and O–H groups in total. The number of nitrogens with zero attached hydrogens (tertiary/aromatic N) is 1. The van der Waals surface area contributed by atoms with Gasteiger partial charge in [0.2, 0.25) is 11.2 Å². The number of benzene rings is 1. The molecule has 0 spiro atoms. The Morgan fingerprint density at radius 2 is 2.00 bits per heavy atom. The molecule has 0 radical (unpaired) electrons. The van der Waals surface area contributed by atoms with Crippen molar-refractivity contribution in [1.82, 2.24) is 0 Å². The Bertz CT molecular complexity index is 908. The van der Waals surface area contributed by atoms with Crippen molar-refractivity contribution in [1.29, 1.82) is 0 Å². The predicted octanol–water partition coefficient (Wildman–Crippen LogP) is 4.00. The van der Waals surface area contributed by atoms with Gasteiger partial charge in [-0.15, -0.1) is 0 Å². The molecular formula is C19H18BrNO3. The standard InChI is InChI=1S/C19H18BrNO3/c1-21-14-7-3-2-6-12(14)18-8-4-5-9-19(18,21)24-17-15(10-18)23-11-13(20)16(17)22/h2-3,6-7,11H,4-5,8-10H2,1H3/t18-,19-/m0/s1. The minimum atomic E-state index is -0.489. The number of rotatable bonds is 0. The van der Waals surface area contributed by atoms with Crippen LogP contribution in [0.4, 0.5) is 5.69 Å². The number of anilines is 1. The van der Waals surface area contributed by atoms with E-state index in [2.05, 4.69) is 52.1 Å². The Kier molecular flexibility index (Phi) is 2.83. The molecule has 2 aliphatic heterocycles. The van der Waals surface area contributed by atoms with Crippen LogP contribution in [-0.2, 0) is 11.8 Å². The fraction of sp³-hybridized carbons (Fsp3) is 0.421. The van der Waals surface area contributed by atoms with Crippen molar-refractivity contribution in [2.45, 2.75) is 43.2 Å². The van der Waals surface area contributed by atoms with E-state index in [0.29, 0.717) is 22.4 Å². The highest BCUT2D eigenvalue weighted by Gasteiger charge is 2.66. The van der Waals surface area contributed by atoms with Crippen LogP contribution in [0.15, 0.2) is 44.2 Å². The monoisotopic (exact) mass is 387 g/mol. The zero-order chi connectivity index (χ0) is 16.5. The zero-order valence-electron chi connectivity index (χ0n) is 13.5. The van der Waals surface area contributed by atoms with E-state index >= 15 is 0 Å². The Hall–Kier alpha value is -1.75. The highest BCUT2D eigenvalue weighted by atomic mass is 79.9. The maximum absolute atomic E-state index is 12.6. The van der Waals surface area contributed by atoms with Gasteiger partial charge in [-0.1, -0.05) is 24.6 Å². The summed E-state index contributed by atoms with van der Waals surface area (Å²) in [6, 6.07) is 8.53. The van der Waals surface area contributed by atoms with Crippen molar-refractivity contribution < 1.29 is 9.15 Å². The molecule has 1 saturated carbocycles. The van der Waals surface area contributed by atoms with Crippen molar-refractivity contribution >= 4 is 21.6 Å². The number of hydrogen-bond acceptors (Lipinski definition) is 4. The van der Waals surface area contributed by atoms with Crippen LogP contribution in [0.25, 0.3) is 0 Å². The van der Waals surface area contributed by atoms with Crippen molar-refractivity contribution in [2.24, 2.45) is 0 Å². The van der Waals surface area contributed by atoms with E-state index in [-0.39, 0.29) is 10.8 Å². The van der Waals surface area contributed by atoms with Crippen molar-refractivity contribution in [3.63, 3.8) is 0 Å². The zero-order valence-corrected chi connectivity index (χ0v) is 15.1. The molecule has 5 rings (SSSR count). The van der Waals surface area contributed by atoms with Gasteiger partial charge in [-0.25, -0.2) is 0 Å². The minimum absolute atomic E-state index is 0.117. The lowest BCUT2D eigenvalue weighted by atomic mass is 9.62. The highest BCUT2D eigenvalue weighted by Crippen LogP contribution is 2.62. The topological polar surface area (TPSA) is 42.7 Å². The highest BCUT2D eigenvalue weighted by molar-refractivity contribution is 9.10. The third kappa shape index (κ3) is 1.52. The molecule has 0 bridgehead atoms. The van der Waals surface area contributed by atoms with Crippen LogP contribution in [-0.4, -0.2) is 12.8 Å². The summed E-state index contributed by atoms with van der Waals surface area (Å²) in [6.07, 6.45) is 6.45. The van der Waals surface area contributed by atoms with Crippen molar-refractivity contribution in [3.05, 3.63) is 56.5 Å². The Labute approximate surface area is 148 Å². The lowest BCUT2D eigenvalue weighted by Crippen LogP contribution is -2.65. The average Bonchev–Trinajstić information content (AvgIpc) is 2.84. The molecule has 1 aromatic carbocycles. The first kappa shape index (κ1) is 14.6. The summed E-state index contributed by atoms with van der Waals surface area (Å²) in [5, 5.41) is 0. The molecule has 2 atom stereocenters. The number of halogens is 1. The van der Waals surface area contributed by atoms with Crippen LogP contribution in [0, 0.1) is 0 Å². The molecule has 0 saturated heterocycles. The van der Waals surface area contributed by atoms with Gasteiger partial charge in [0.25, 0.3) is 0 Å². The summed E-state index contributed by atoms with van der Waals surface area (Å²) in [6.45, 7) is 0. The maximum atomic E-state index is 12.6. The van der Waals surface area contributed by atoms with Gasteiger partial charge in [-0.05, 0) is 40.4 Å². The molecule has 124 valence electrons. The van der Waals surface area contributed by atoms with Gasteiger partial charge >= 0.3 is 0 Å². The predicted molar refractivity (Wildman–Crippen MR) is 94.7 cm³/mol. The maximum Gasteiger partial charge on any atom is 0.241 e. The smallest absolute Gasteiger partial charge is 0.241 e. The Morgan fingerprint density at radius 3 is 2.88 bits per heavy atom. The lowest BCUT2D eigenvalue weighted by molar-refractivity contribution is -0.0563. The van der Waals surface area contributed by atoms with Crippen molar-refractivity contribution in [2.75, 3.05) is 11.9 Å². The second-order valence-corrected chi connectivity index (χ2v) is 7.95. The first-order valence-corrected chi connectivity index (χ1v) is 9.21. The van der Waals surface area contributed by atoms with Crippen LogP contribution in [0.2, 0.25) is 0 Å². The number of likely N-dealkylation sites (N-methyl/N-ethyl adjacent to an activating group) is 1. The van der Waals surface area contributed by atoms with Gasteiger partial charge in [0, 0.05) is 25.6 Å². The normalized spacial score (nSPS) is 30.0. The first-order valence-electron chi connectivity index (χ1n) is 8.42. The van der Waals surface area contributed by atoms with Gasteiger partial charge in [0.15, 0.2) is 11.5 Å². The van der Waals surface area contributed by atoms with E-state index in [0.717, 1.165) is 19.3 Å². The van der Waals surface area contributed by atoms with E-state index in [1.54, 1.807) is 0 Å². The fourth-order valence-corrected chi connectivity index (χ4v) is 5.37. The molecule has 0 unspecified atom stereocenters. The van der Waals surface area contributed by atoms with Crippen LogP contribution >= 0.6 is 15.9 Å². The molecule has 1 fully saturated rings. The molecular weight excluding hydrogens is 370 g/mol. The van der Waals surface area contributed by atoms with Gasteiger partial charge in [0.05, 0.1) is 5.41 Å². The summed E-state index contributed by atoms with van der Waals surface area (Å²) >= 11 is 3.27. The Balaban J connectivity index is 1.81. The molecule has 2 aromatic rings. The van der Waals surface area contributed by atoms with E-state index in [4.69, 9.17) is 9.15 Å². The lowest BCUT2D eigenvalue weighted by Gasteiger charge is -2.54. The van der Waals surface area contributed by atoms with Crippen LogP contribution < -0.4 is 15.1 Å². The third-order valence-electron chi connectivity index (χ3n) is 6.15. The fourth-order valence-electron chi connectivity index (χ4n) is 5.10. The molecule has 3 aliphatic rings. The minimum Gasteiger partial charge on any atom is -0.464 e. The number of para-hydroxylation sites is 1. The third-order valence-corrected chi connectivity index (χ3v) is 6.70. The number of hydrogen-bond donors (Lipinski definition) is 0. The summed E-state index contributed by atoms with van der Waals surface area (Å²) in [7, 11) is 2.09. The molecule has 5 heteroatoms. The van der Waals surface area contributed by atoms with Gasteiger partial charge in [-0.2, -0.15) is 0 Å². The molecule has 1 aromatic heterocycles. The second-order valence-electron chi connectivity index (χ2n) is 7.09. The van der Waals surface area contributed by atoms with E-state index in [1.807, 2.05) is 0 Å². The summed E-state index contributed by atoms with van der Waals surface area (Å²) in [5.41, 5.74) is 1.78. The SMILES string of the molecule is CN1c2ccccc2[C@@]23CCCC[C@@]12Oc1c(occ(Br)c1=O)C3. The first-order chi connectivity index (χ1) is 11.6. The molecule has 1 aliphatic carbocycles. The van der Waals surface area contributed by atoms with Crippen LogP contribution in [0.5, 0.6) is 5.75 Å². The largest absolute Gasteiger partial charge is 0.464 e. The molecule has 3 heterocycles. The number of fused-ring (bicyclic) bond motifs is 2.